The minimum atomic E-state index is -0.123. The molecule has 1 aliphatic rings. The smallest absolute Gasteiger partial charge is 0.275 e. The number of nitrogens with zero attached hydrogens (tertiary/aromatic N) is 4. The van der Waals surface area contributed by atoms with E-state index in [2.05, 4.69) is 41.9 Å². The third-order valence-corrected chi connectivity index (χ3v) is 4.84. The first-order valence-electron chi connectivity index (χ1n) is 7.13. The Hall–Kier alpha value is -1.67. The first-order valence-corrected chi connectivity index (χ1v) is 8.71. The quantitative estimate of drug-likeness (QED) is 0.581. The highest BCUT2D eigenvalue weighted by Gasteiger charge is 2.32. The second kappa shape index (κ2) is 5.45. The molecule has 4 rings (SSSR count). The molecule has 0 bridgehead atoms. The van der Waals surface area contributed by atoms with Crippen LogP contribution in [0.4, 0.5) is 0 Å². The molecule has 0 radical (unpaired) electrons. The van der Waals surface area contributed by atoms with Gasteiger partial charge in [-0.15, -0.1) is 0 Å². The Morgan fingerprint density at radius 3 is 3.04 bits per heavy atom. The second-order valence-corrected chi connectivity index (χ2v) is 7.17. The lowest BCUT2D eigenvalue weighted by atomic mass is 10.0. The third kappa shape index (κ3) is 2.49. The summed E-state index contributed by atoms with van der Waals surface area (Å²) in [6.07, 6.45) is 4.24. The van der Waals surface area contributed by atoms with E-state index in [1.165, 1.54) is 0 Å². The van der Waals surface area contributed by atoms with Gasteiger partial charge in [0.25, 0.3) is 5.91 Å². The molecule has 8 heteroatoms. The zero-order valence-electron chi connectivity index (χ0n) is 12.2. The molecule has 6 nitrogen and oxygen atoms in total. The standard InChI is InChI=1S/C15H12Br2N4O2/c1-8-14-9(4-12(17)23-14)2-3-20(8)15(22)11-5-13-18-6-10(16)7-21(13)19-11/h4-8H,2-3H2,1H3. The third-order valence-electron chi connectivity index (χ3n) is 4.04. The van der Waals surface area contributed by atoms with Gasteiger partial charge in [0.1, 0.15) is 5.76 Å². The van der Waals surface area contributed by atoms with Crippen molar-refractivity contribution in [3.05, 3.63) is 50.7 Å². The molecule has 23 heavy (non-hydrogen) atoms. The van der Waals surface area contributed by atoms with E-state index in [9.17, 15) is 4.79 Å². The fourth-order valence-corrected chi connectivity index (χ4v) is 3.66. The van der Waals surface area contributed by atoms with Crippen molar-refractivity contribution >= 4 is 43.4 Å². The molecular formula is C15H12Br2N4O2. The summed E-state index contributed by atoms with van der Waals surface area (Å²) in [5.74, 6) is 0.721. The van der Waals surface area contributed by atoms with Crippen molar-refractivity contribution in [2.45, 2.75) is 19.4 Å². The van der Waals surface area contributed by atoms with Gasteiger partial charge in [-0.25, -0.2) is 9.50 Å². The van der Waals surface area contributed by atoms with Gasteiger partial charge in [-0.2, -0.15) is 5.10 Å². The number of rotatable bonds is 1. The van der Waals surface area contributed by atoms with Crippen LogP contribution in [0.3, 0.4) is 0 Å². The molecule has 3 aromatic rings. The van der Waals surface area contributed by atoms with E-state index in [-0.39, 0.29) is 11.9 Å². The summed E-state index contributed by atoms with van der Waals surface area (Å²) in [5, 5.41) is 4.34. The highest BCUT2D eigenvalue weighted by Crippen LogP contribution is 2.34. The minimum absolute atomic E-state index is 0.114. The van der Waals surface area contributed by atoms with Crippen LogP contribution in [0.2, 0.25) is 0 Å². The largest absolute Gasteiger partial charge is 0.452 e. The van der Waals surface area contributed by atoms with Crippen molar-refractivity contribution in [2.24, 2.45) is 0 Å². The average molecular weight is 440 g/mol. The molecule has 118 valence electrons. The van der Waals surface area contributed by atoms with Crippen molar-refractivity contribution < 1.29 is 9.21 Å². The van der Waals surface area contributed by atoms with Crippen molar-refractivity contribution in [3.8, 4) is 0 Å². The zero-order valence-corrected chi connectivity index (χ0v) is 15.3. The highest BCUT2D eigenvalue weighted by atomic mass is 79.9. The number of hydrogen-bond acceptors (Lipinski definition) is 4. The summed E-state index contributed by atoms with van der Waals surface area (Å²) >= 11 is 6.70. The summed E-state index contributed by atoms with van der Waals surface area (Å²) in [4.78, 5) is 18.9. The first-order chi connectivity index (χ1) is 11.0. The molecule has 1 atom stereocenters. The number of aromatic nitrogens is 3. The Balaban J connectivity index is 1.68. The molecule has 0 saturated heterocycles. The number of hydrogen-bond donors (Lipinski definition) is 0. The van der Waals surface area contributed by atoms with Gasteiger partial charge < -0.3 is 9.32 Å². The molecule has 0 aliphatic carbocycles. The molecule has 0 aromatic carbocycles. The maximum atomic E-state index is 12.8. The van der Waals surface area contributed by atoms with E-state index in [4.69, 9.17) is 4.42 Å². The SMILES string of the molecule is CC1c2oc(Br)cc2CCN1C(=O)c1cc2ncc(Br)cn2n1. The predicted molar refractivity (Wildman–Crippen MR) is 90.3 cm³/mol. The van der Waals surface area contributed by atoms with Crippen LogP contribution in [-0.2, 0) is 6.42 Å². The van der Waals surface area contributed by atoms with Gasteiger partial charge in [0.2, 0.25) is 0 Å². The number of carbonyl (C=O) groups excluding carboxylic acids is 1. The van der Waals surface area contributed by atoms with Crippen LogP contribution in [0.1, 0.15) is 34.8 Å². The number of carbonyl (C=O) groups is 1. The molecule has 0 N–H and O–H groups in total. The maximum absolute atomic E-state index is 12.8. The van der Waals surface area contributed by atoms with Crippen LogP contribution >= 0.6 is 31.9 Å². The second-order valence-electron chi connectivity index (χ2n) is 5.47. The van der Waals surface area contributed by atoms with Crippen LogP contribution in [-0.4, -0.2) is 31.9 Å². The molecule has 1 aliphatic heterocycles. The van der Waals surface area contributed by atoms with Gasteiger partial charge in [0.05, 0.1) is 10.5 Å². The number of fused-ring (bicyclic) bond motifs is 2. The molecule has 0 saturated carbocycles. The number of amides is 1. The van der Waals surface area contributed by atoms with Crippen molar-refractivity contribution in [2.75, 3.05) is 6.54 Å². The fourth-order valence-electron chi connectivity index (χ4n) is 2.92. The molecule has 4 heterocycles. The van der Waals surface area contributed by atoms with Crippen molar-refractivity contribution in [1.82, 2.24) is 19.5 Å². The molecule has 1 amide bonds. The molecular weight excluding hydrogens is 428 g/mol. The van der Waals surface area contributed by atoms with Crippen LogP contribution in [0.25, 0.3) is 5.65 Å². The van der Waals surface area contributed by atoms with E-state index < -0.39 is 0 Å². The number of halogens is 2. The van der Waals surface area contributed by atoms with Crippen molar-refractivity contribution in [3.63, 3.8) is 0 Å². The lowest BCUT2D eigenvalue weighted by Gasteiger charge is -2.31. The van der Waals surface area contributed by atoms with Gasteiger partial charge >= 0.3 is 0 Å². The summed E-state index contributed by atoms with van der Waals surface area (Å²) in [7, 11) is 0. The molecule has 1 unspecified atom stereocenters. The van der Waals surface area contributed by atoms with Gasteiger partial charge in [-0.1, -0.05) is 0 Å². The lowest BCUT2D eigenvalue weighted by Crippen LogP contribution is -2.38. The van der Waals surface area contributed by atoms with Crippen LogP contribution in [0.15, 0.2) is 38.1 Å². The summed E-state index contributed by atoms with van der Waals surface area (Å²) in [5.41, 5.74) is 2.17. The predicted octanol–water partition coefficient (Wildman–Crippen LogP) is 3.61. The maximum Gasteiger partial charge on any atom is 0.275 e. The lowest BCUT2D eigenvalue weighted by molar-refractivity contribution is 0.0645. The molecule has 0 fully saturated rings. The molecule has 3 aromatic heterocycles. The summed E-state index contributed by atoms with van der Waals surface area (Å²) in [6, 6.07) is 3.55. The first kappa shape index (κ1) is 14.9. The van der Waals surface area contributed by atoms with Gasteiger partial charge in [-0.05, 0) is 56.8 Å². The Bertz CT molecular complexity index is 917. The minimum Gasteiger partial charge on any atom is -0.452 e. The average Bonchev–Trinajstić information content (AvgIpc) is 3.09. The van der Waals surface area contributed by atoms with Crippen LogP contribution in [0, 0.1) is 0 Å². The summed E-state index contributed by atoms with van der Waals surface area (Å²) < 4.78 is 8.79. The van der Waals surface area contributed by atoms with E-state index in [1.807, 2.05) is 13.0 Å². The van der Waals surface area contributed by atoms with E-state index >= 15 is 0 Å². The van der Waals surface area contributed by atoms with E-state index in [1.54, 1.807) is 27.9 Å². The highest BCUT2D eigenvalue weighted by molar-refractivity contribution is 9.10. The fraction of sp³-hybridized carbons (Fsp3) is 0.267. The van der Waals surface area contributed by atoms with Crippen LogP contribution in [0.5, 0.6) is 0 Å². The topological polar surface area (TPSA) is 63.6 Å². The Labute approximate surface area is 148 Å². The van der Waals surface area contributed by atoms with Gasteiger partial charge in [-0.3, -0.25) is 4.79 Å². The van der Waals surface area contributed by atoms with Gasteiger partial charge in [0.15, 0.2) is 16.0 Å². The summed E-state index contributed by atoms with van der Waals surface area (Å²) in [6.45, 7) is 2.61. The normalized spacial score (nSPS) is 17.5. The molecule has 0 spiro atoms. The van der Waals surface area contributed by atoms with Crippen molar-refractivity contribution in [1.29, 1.82) is 0 Å². The Morgan fingerprint density at radius 1 is 1.39 bits per heavy atom. The Kier molecular flexibility index (Phi) is 3.53. The van der Waals surface area contributed by atoms with Gasteiger partial charge in [0, 0.05) is 25.0 Å². The monoisotopic (exact) mass is 438 g/mol. The van der Waals surface area contributed by atoms with Crippen LogP contribution < -0.4 is 0 Å². The van der Waals surface area contributed by atoms with E-state index in [0.29, 0.717) is 22.6 Å². The van der Waals surface area contributed by atoms with E-state index in [0.717, 1.165) is 22.2 Å². The zero-order chi connectivity index (χ0) is 16.1. The Morgan fingerprint density at radius 2 is 2.22 bits per heavy atom. The number of furan rings is 1.